The van der Waals surface area contributed by atoms with Gasteiger partial charge >= 0.3 is 6.09 Å². The Morgan fingerprint density at radius 1 is 1.17 bits per heavy atom. The SMILES string of the molecule is CCOC(=O)N1CCCN(CCCCCN)CC1. The van der Waals surface area contributed by atoms with Crippen molar-refractivity contribution >= 4 is 6.09 Å². The number of ether oxygens (including phenoxy) is 1. The number of carbonyl (C=O) groups is 1. The van der Waals surface area contributed by atoms with Crippen molar-refractivity contribution in [2.24, 2.45) is 5.73 Å². The summed E-state index contributed by atoms with van der Waals surface area (Å²) in [6.45, 7) is 7.86. The molecule has 2 N–H and O–H groups in total. The molecular weight excluding hydrogens is 230 g/mol. The van der Waals surface area contributed by atoms with Gasteiger partial charge in [0, 0.05) is 19.6 Å². The second kappa shape index (κ2) is 9.16. The Morgan fingerprint density at radius 2 is 2.00 bits per heavy atom. The molecule has 106 valence electrons. The molecule has 1 heterocycles. The van der Waals surface area contributed by atoms with Crippen molar-refractivity contribution in [2.75, 3.05) is 45.9 Å². The predicted octanol–water partition coefficient (Wildman–Crippen LogP) is 1.28. The van der Waals surface area contributed by atoms with Crippen LogP contribution in [0.5, 0.6) is 0 Å². The number of unbranched alkanes of at least 4 members (excludes halogenated alkanes) is 2. The van der Waals surface area contributed by atoms with Crippen LogP contribution in [0.4, 0.5) is 4.79 Å². The molecule has 0 aromatic heterocycles. The van der Waals surface area contributed by atoms with Crippen molar-refractivity contribution < 1.29 is 9.53 Å². The minimum absolute atomic E-state index is 0.164. The Hall–Kier alpha value is -0.810. The molecule has 0 bridgehead atoms. The topological polar surface area (TPSA) is 58.8 Å². The molecule has 5 nitrogen and oxygen atoms in total. The predicted molar refractivity (Wildman–Crippen MR) is 72.6 cm³/mol. The molecule has 0 spiro atoms. The lowest BCUT2D eigenvalue weighted by Gasteiger charge is -2.21. The third-order valence-corrected chi connectivity index (χ3v) is 3.29. The Kier molecular flexibility index (Phi) is 7.76. The summed E-state index contributed by atoms with van der Waals surface area (Å²) in [5.41, 5.74) is 5.48. The molecule has 0 saturated carbocycles. The molecule has 1 saturated heterocycles. The van der Waals surface area contributed by atoms with E-state index in [0.717, 1.165) is 52.1 Å². The van der Waals surface area contributed by atoms with Crippen LogP contribution in [0.3, 0.4) is 0 Å². The normalized spacial score (nSPS) is 17.6. The lowest BCUT2D eigenvalue weighted by Crippen LogP contribution is -2.35. The molecule has 1 aliphatic heterocycles. The average molecular weight is 257 g/mol. The van der Waals surface area contributed by atoms with Gasteiger partial charge in [0.15, 0.2) is 0 Å². The quantitative estimate of drug-likeness (QED) is 0.728. The Bertz CT molecular complexity index is 236. The first kappa shape index (κ1) is 15.2. The van der Waals surface area contributed by atoms with Crippen LogP contribution in [0.1, 0.15) is 32.6 Å². The molecule has 0 radical (unpaired) electrons. The highest BCUT2D eigenvalue weighted by atomic mass is 16.6. The number of carbonyl (C=O) groups excluding carboxylic acids is 1. The highest BCUT2D eigenvalue weighted by Gasteiger charge is 2.19. The zero-order valence-electron chi connectivity index (χ0n) is 11.6. The lowest BCUT2D eigenvalue weighted by molar-refractivity contribution is 0.108. The van der Waals surface area contributed by atoms with Gasteiger partial charge in [-0.3, -0.25) is 0 Å². The van der Waals surface area contributed by atoms with E-state index >= 15 is 0 Å². The summed E-state index contributed by atoms with van der Waals surface area (Å²) in [6, 6.07) is 0. The molecule has 0 aromatic rings. The third-order valence-electron chi connectivity index (χ3n) is 3.29. The van der Waals surface area contributed by atoms with Gasteiger partial charge in [-0.15, -0.1) is 0 Å². The summed E-state index contributed by atoms with van der Waals surface area (Å²) in [5, 5.41) is 0. The number of rotatable bonds is 6. The van der Waals surface area contributed by atoms with E-state index in [-0.39, 0.29) is 6.09 Å². The minimum Gasteiger partial charge on any atom is -0.450 e. The van der Waals surface area contributed by atoms with Crippen LogP contribution in [-0.2, 0) is 4.74 Å². The average Bonchev–Trinajstić information content (AvgIpc) is 2.60. The van der Waals surface area contributed by atoms with Gasteiger partial charge in [-0.1, -0.05) is 6.42 Å². The summed E-state index contributed by atoms with van der Waals surface area (Å²) in [7, 11) is 0. The van der Waals surface area contributed by atoms with Crippen molar-refractivity contribution in [3.8, 4) is 0 Å². The van der Waals surface area contributed by atoms with E-state index in [2.05, 4.69) is 4.90 Å². The van der Waals surface area contributed by atoms with E-state index in [9.17, 15) is 4.79 Å². The van der Waals surface area contributed by atoms with E-state index in [0.29, 0.717) is 6.61 Å². The van der Waals surface area contributed by atoms with Crippen molar-refractivity contribution in [3.63, 3.8) is 0 Å². The van der Waals surface area contributed by atoms with Crippen molar-refractivity contribution in [1.29, 1.82) is 0 Å². The Labute approximate surface area is 110 Å². The first-order valence-corrected chi connectivity index (χ1v) is 7.12. The first-order valence-electron chi connectivity index (χ1n) is 7.12. The fourth-order valence-electron chi connectivity index (χ4n) is 2.25. The first-order chi connectivity index (χ1) is 8.77. The molecule has 0 unspecified atom stereocenters. The maximum absolute atomic E-state index is 11.6. The highest BCUT2D eigenvalue weighted by molar-refractivity contribution is 5.67. The molecule has 1 aliphatic rings. The van der Waals surface area contributed by atoms with Gasteiger partial charge in [-0.2, -0.15) is 0 Å². The maximum atomic E-state index is 11.6. The molecule has 18 heavy (non-hydrogen) atoms. The van der Waals surface area contributed by atoms with E-state index in [4.69, 9.17) is 10.5 Å². The molecule has 0 aliphatic carbocycles. The molecule has 1 amide bonds. The Balaban J connectivity index is 2.21. The summed E-state index contributed by atoms with van der Waals surface area (Å²) >= 11 is 0. The monoisotopic (exact) mass is 257 g/mol. The fourth-order valence-corrected chi connectivity index (χ4v) is 2.25. The summed E-state index contributed by atoms with van der Waals surface area (Å²) in [4.78, 5) is 15.9. The van der Waals surface area contributed by atoms with Gasteiger partial charge in [0.25, 0.3) is 0 Å². The highest BCUT2D eigenvalue weighted by Crippen LogP contribution is 2.06. The van der Waals surface area contributed by atoms with Gasteiger partial charge in [0.05, 0.1) is 6.61 Å². The third kappa shape index (κ3) is 5.69. The van der Waals surface area contributed by atoms with Crippen LogP contribution in [0, 0.1) is 0 Å². The zero-order chi connectivity index (χ0) is 13.2. The van der Waals surface area contributed by atoms with Gasteiger partial charge in [-0.05, 0) is 45.8 Å². The minimum atomic E-state index is -0.164. The van der Waals surface area contributed by atoms with Gasteiger partial charge < -0.3 is 20.3 Å². The van der Waals surface area contributed by atoms with Gasteiger partial charge in [-0.25, -0.2) is 4.79 Å². The van der Waals surface area contributed by atoms with Crippen molar-refractivity contribution in [2.45, 2.75) is 32.6 Å². The Morgan fingerprint density at radius 3 is 2.72 bits per heavy atom. The van der Waals surface area contributed by atoms with Crippen LogP contribution >= 0.6 is 0 Å². The van der Waals surface area contributed by atoms with Crippen LogP contribution in [-0.4, -0.2) is 61.8 Å². The van der Waals surface area contributed by atoms with Crippen molar-refractivity contribution in [3.05, 3.63) is 0 Å². The molecule has 0 atom stereocenters. The molecule has 1 rings (SSSR count). The number of nitrogens with zero attached hydrogens (tertiary/aromatic N) is 2. The number of amides is 1. The number of hydrogen-bond acceptors (Lipinski definition) is 4. The van der Waals surface area contributed by atoms with Crippen LogP contribution in [0.15, 0.2) is 0 Å². The number of hydrogen-bond donors (Lipinski definition) is 1. The van der Waals surface area contributed by atoms with E-state index in [1.807, 2.05) is 11.8 Å². The van der Waals surface area contributed by atoms with Gasteiger partial charge in [0.1, 0.15) is 0 Å². The van der Waals surface area contributed by atoms with Crippen LogP contribution < -0.4 is 5.73 Å². The van der Waals surface area contributed by atoms with E-state index in [1.165, 1.54) is 12.8 Å². The fraction of sp³-hybridized carbons (Fsp3) is 0.923. The van der Waals surface area contributed by atoms with Crippen molar-refractivity contribution in [1.82, 2.24) is 9.80 Å². The largest absolute Gasteiger partial charge is 0.450 e. The van der Waals surface area contributed by atoms with Gasteiger partial charge in [0.2, 0.25) is 0 Å². The smallest absolute Gasteiger partial charge is 0.409 e. The molecule has 1 fully saturated rings. The zero-order valence-corrected chi connectivity index (χ0v) is 11.6. The lowest BCUT2D eigenvalue weighted by atomic mass is 10.2. The maximum Gasteiger partial charge on any atom is 0.409 e. The van der Waals surface area contributed by atoms with E-state index < -0.39 is 0 Å². The van der Waals surface area contributed by atoms with E-state index in [1.54, 1.807) is 0 Å². The molecular formula is C13H27N3O2. The molecule has 5 heteroatoms. The summed E-state index contributed by atoms with van der Waals surface area (Å²) < 4.78 is 5.04. The van der Waals surface area contributed by atoms with Crippen LogP contribution in [0.25, 0.3) is 0 Å². The number of nitrogens with two attached hydrogens (primary N) is 1. The second-order valence-corrected chi connectivity index (χ2v) is 4.73. The summed E-state index contributed by atoms with van der Waals surface area (Å²) in [6.07, 6.45) is 4.39. The van der Waals surface area contributed by atoms with Crippen LogP contribution in [0.2, 0.25) is 0 Å². The summed E-state index contributed by atoms with van der Waals surface area (Å²) in [5.74, 6) is 0. The second-order valence-electron chi connectivity index (χ2n) is 4.73. The molecule has 0 aromatic carbocycles. The standard InChI is InChI=1S/C13H27N3O2/c1-2-18-13(17)16-10-6-9-15(11-12-16)8-5-3-4-7-14/h2-12,14H2,1H3.